The van der Waals surface area contributed by atoms with E-state index >= 15 is 0 Å². The molecule has 5 heteroatoms. The molecule has 0 bridgehead atoms. The Morgan fingerprint density at radius 1 is 1.50 bits per heavy atom. The maximum Gasteiger partial charge on any atom is 0.253 e. The first kappa shape index (κ1) is 13.0. The van der Waals surface area contributed by atoms with E-state index in [0.717, 1.165) is 12.1 Å². The summed E-state index contributed by atoms with van der Waals surface area (Å²) in [7, 11) is 1.78. The fourth-order valence-electron chi connectivity index (χ4n) is 1.81. The van der Waals surface area contributed by atoms with Gasteiger partial charge in [-0.2, -0.15) is 0 Å². The molecule has 0 aromatic carbocycles. The molecule has 98 valence electrons. The molecular formula is C13H18N2O3. The molecule has 0 radical (unpaired) electrons. The lowest BCUT2D eigenvalue weighted by Gasteiger charge is -2.26. The van der Waals surface area contributed by atoms with Gasteiger partial charge < -0.3 is 14.4 Å². The molecule has 18 heavy (non-hydrogen) atoms. The predicted molar refractivity (Wildman–Crippen MR) is 66.1 cm³/mol. The van der Waals surface area contributed by atoms with Crippen LogP contribution in [0.25, 0.3) is 0 Å². The molecule has 0 saturated carbocycles. The number of amides is 1. The third kappa shape index (κ3) is 3.51. The number of ether oxygens (including phenoxy) is 2. The van der Waals surface area contributed by atoms with E-state index in [1.165, 1.54) is 0 Å². The molecule has 0 aliphatic carbocycles. The summed E-state index contributed by atoms with van der Waals surface area (Å²) in [5, 5.41) is 0. The zero-order chi connectivity index (χ0) is 12.8. The summed E-state index contributed by atoms with van der Waals surface area (Å²) >= 11 is 0. The molecule has 5 nitrogen and oxygen atoms in total. The van der Waals surface area contributed by atoms with Crippen molar-refractivity contribution in [1.82, 2.24) is 9.88 Å². The van der Waals surface area contributed by atoms with Crippen LogP contribution in [0.2, 0.25) is 0 Å². The summed E-state index contributed by atoms with van der Waals surface area (Å²) in [6.07, 6.45) is 2.05. The molecule has 1 aliphatic rings. The number of aromatic nitrogens is 1. The second-order valence-corrected chi connectivity index (χ2v) is 4.27. The van der Waals surface area contributed by atoms with Crippen LogP contribution in [-0.2, 0) is 20.7 Å². The van der Waals surface area contributed by atoms with Crippen LogP contribution in [-0.4, -0.2) is 55.3 Å². The van der Waals surface area contributed by atoms with Crippen molar-refractivity contribution < 1.29 is 14.3 Å². The van der Waals surface area contributed by atoms with E-state index in [9.17, 15) is 4.79 Å². The normalized spacial score (nSPS) is 19.5. The molecule has 1 aromatic rings. The summed E-state index contributed by atoms with van der Waals surface area (Å²) < 4.78 is 10.6. The fraction of sp³-hybridized carbons (Fsp3) is 0.538. The van der Waals surface area contributed by atoms with Crippen molar-refractivity contribution in [3.8, 4) is 0 Å². The number of hydrogen-bond donors (Lipinski definition) is 0. The van der Waals surface area contributed by atoms with E-state index in [0.29, 0.717) is 26.4 Å². The highest BCUT2D eigenvalue weighted by molar-refractivity contribution is 5.80. The van der Waals surface area contributed by atoms with Crippen molar-refractivity contribution in [2.45, 2.75) is 12.5 Å². The molecule has 2 rings (SSSR count). The molecule has 1 amide bonds. The fourth-order valence-corrected chi connectivity index (χ4v) is 1.81. The van der Waals surface area contributed by atoms with Crippen molar-refractivity contribution in [3.05, 3.63) is 30.1 Å². The van der Waals surface area contributed by atoms with Crippen molar-refractivity contribution in [2.75, 3.05) is 33.4 Å². The van der Waals surface area contributed by atoms with Crippen LogP contribution in [0.5, 0.6) is 0 Å². The first-order chi connectivity index (χ1) is 8.77. The van der Waals surface area contributed by atoms with Crippen LogP contribution in [0.4, 0.5) is 0 Å². The number of nitrogens with zero attached hydrogens (tertiary/aromatic N) is 2. The first-order valence-electron chi connectivity index (χ1n) is 6.11. The topological polar surface area (TPSA) is 51.7 Å². The average molecular weight is 250 g/mol. The lowest BCUT2D eigenvalue weighted by molar-refractivity contribution is -0.156. The zero-order valence-corrected chi connectivity index (χ0v) is 10.5. The van der Waals surface area contributed by atoms with Gasteiger partial charge in [-0.15, -0.1) is 0 Å². The second kappa shape index (κ2) is 6.47. The molecule has 0 spiro atoms. The van der Waals surface area contributed by atoms with Gasteiger partial charge >= 0.3 is 0 Å². The van der Waals surface area contributed by atoms with Gasteiger partial charge in [-0.3, -0.25) is 9.78 Å². The van der Waals surface area contributed by atoms with Crippen molar-refractivity contribution in [1.29, 1.82) is 0 Å². The van der Waals surface area contributed by atoms with Gasteiger partial charge in [0.25, 0.3) is 5.91 Å². The van der Waals surface area contributed by atoms with E-state index in [1.54, 1.807) is 18.1 Å². The first-order valence-corrected chi connectivity index (χ1v) is 6.11. The lowest BCUT2D eigenvalue weighted by atomic mass is 10.2. The second-order valence-electron chi connectivity index (χ2n) is 4.27. The van der Waals surface area contributed by atoms with E-state index in [4.69, 9.17) is 9.47 Å². The number of hydrogen-bond acceptors (Lipinski definition) is 4. The number of carbonyl (C=O) groups excluding carboxylic acids is 1. The highest BCUT2D eigenvalue weighted by Crippen LogP contribution is 2.05. The number of rotatable bonds is 4. The van der Waals surface area contributed by atoms with E-state index < -0.39 is 6.10 Å². The molecule has 1 saturated heterocycles. The number of pyridine rings is 1. The molecule has 0 unspecified atom stereocenters. The van der Waals surface area contributed by atoms with Crippen LogP contribution in [0.1, 0.15) is 5.69 Å². The van der Waals surface area contributed by atoms with Gasteiger partial charge in [0.15, 0.2) is 6.10 Å². The molecule has 2 heterocycles. The summed E-state index contributed by atoms with van der Waals surface area (Å²) in [6.45, 7) is 2.05. The molecule has 1 atom stereocenters. The highest BCUT2D eigenvalue weighted by atomic mass is 16.6. The molecule has 1 fully saturated rings. The van der Waals surface area contributed by atoms with E-state index in [1.807, 2.05) is 18.2 Å². The Kier molecular flexibility index (Phi) is 4.66. The quantitative estimate of drug-likeness (QED) is 0.780. The van der Waals surface area contributed by atoms with Crippen molar-refractivity contribution in [2.24, 2.45) is 0 Å². The lowest BCUT2D eigenvalue weighted by Crippen LogP contribution is -2.44. The van der Waals surface area contributed by atoms with Gasteiger partial charge in [-0.1, -0.05) is 6.07 Å². The Bertz CT molecular complexity index is 377. The molecule has 1 aromatic heterocycles. The van der Waals surface area contributed by atoms with Gasteiger partial charge in [0.2, 0.25) is 0 Å². The Labute approximate surface area is 107 Å². The Hall–Kier alpha value is -1.46. The minimum Gasteiger partial charge on any atom is -0.376 e. The van der Waals surface area contributed by atoms with Gasteiger partial charge in [-0.25, -0.2) is 0 Å². The minimum absolute atomic E-state index is 0.0226. The Balaban J connectivity index is 1.80. The third-order valence-electron chi connectivity index (χ3n) is 2.90. The maximum absolute atomic E-state index is 12.0. The molecule has 0 N–H and O–H groups in total. The van der Waals surface area contributed by atoms with E-state index in [2.05, 4.69) is 4.98 Å². The molecule has 1 aliphatic heterocycles. The maximum atomic E-state index is 12.0. The smallest absolute Gasteiger partial charge is 0.253 e. The van der Waals surface area contributed by atoms with E-state index in [-0.39, 0.29) is 5.91 Å². The summed E-state index contributed by atoms with van der Waals surface area (Å²) in [6, 6.07) is 5.78. The summed E-state index contributed by atoms with van der Waals surface area (Å²) in [5.41, 5.74) is 0.984. The summed E-state index contributed by atoms with van der Waals surface area (Å²) in [4.78, 5) is 17.9. The Morgan fingerprint density at radius 2 is 2.39 bits per heavy atom. The standard InChI is InChI=1S/C13H18N2O3/c1-15(7-5-11-4-2-3-6-14-11)13(16)12-10-17-8-9-18-12/h2-4,6,12H,5,7-10H2,1H3/t12-/m0/s1. The summed E-state index contributed by atoms with van der Waals surface area (Å²) in [5.74, 6) is -0.0226. The predicted octanol–water partition coefficient (Wildman–Crippen LogP) is 0.498. The average Bonchev–Trinajstić information content (AvgIpc) is 2.46. The highest BCUT2D eigenvalue weighted by Gasteiger charge is 2.25. The van der Waals surface area contributed by atoms with Crippen LogP contribution in [0.15, 0.2) is 24.4 Å². The Morgan fingerprint density at radius 3 is 3.06 bits per heavy atom. The van der Waals surface area contributed by atoms with Gasteiger partial charge in [-0.05, 0) is 12.1 Å². The molecular weight excluding hydrogens is 232 g/mol. The largest absolute Gasteiger partial charge is 0.376 e. The van der Waals surface area contributed by atoms with Crippen LogP contribution >= 0.6 is 0 Å². The number of carbonyl (C=O) groups is 1. The van der Waals surface area contributed by atoms with Crippen LogP contribution < -0.4 is 0 Å². The van der Waals surface area contributed by atoms with Crippen molar-refractivity contribution >= 4 is 5.91 Å². The van der Waals surface area contributed by atoms with Gasteiger partial charge in [0, 0.05) is 31.9 Å². The monoisotopic (exact) mass is 250 g/mol. The minimum atomic E-state index is -0.451. The SMILES string of the molecule is CN(CCc1ccccn1)C(=O)[C@@H]1COCCO1. The van der Waals surface area contributed by atoms with Gasteiger partial charge in [0.05, 0.1) is 19.8 Å². The van der Waals surface area contributed by atoms with Crippen LogP contribution in [0, 0.1) is 0 Å². The van der Waals surface area contributed by atoms with Gasteiger partial charge in [0.1, 0.15) is 0 Å². The van der Waals surface area contributed by atoms with Crippen LogP contribution in [0.3, 0.4) is 0 Å². The number of likely N-dealkylation sites (N-methyl/N-ethyl adjacent to an activating group) is 1. The third-order valence-corrected chi connectivity index (χ3v) is 2.90. The van der Waals surface area contributed by atoms with Crippen molar-refractivity contribution in [3.63, 3.8) is 0 Å². The zero-order valence-electron chi connectivity index (χ0n) is 10.5.